The summed E-state index contributed by atoms with van der Waals surface area (Å²) in [6.45, 7) is 7.06. The van der Waals surface area contributed by atoms with Crippen LogP contribution in [0.15, 0.2) is 30.3 Å². The molecular formula is C16H25N. The molecule has 0 bridgehead atoms. The molecule has 2 rings (SSSR count). The second kappa shape index (κ2) is 5.22. The van der Waals surface area contributed by atoms with Gasteiger partial charge in [0.2, 0.25) is 0 Å². The molecule has 0 aliphatic heterocycles. The lowest BCUT2D eigenvalue weighted by molar-refractivity contribution is 0.200. The first-order valence-corrected chi connectivity index (χ1v) is 6.88. The smallest absolute Gasteiger partial charge is 0.0294 e. The van der Waals surface area contributed by atoms with Gasteiger partial charge >= 0.3 is 0 Å². The molecule has 1 fully saturated rings. The average molecular weight is 231 g/mol. The van der Waals surface area contributed by atoms with Crippen LogP contribution in [0.4, 0.5) is 0 Å². The van der Waals surface area contributed by atoms with Gasteiger partial charge in [-0.25, -0.2) is 0 Å². The molecule has 0 heterocycles. The van der Waals surface area contributed by atoms with Crippen LogP contribution in [0.5, 0.6) is 0 Å². The van der Waals surface area contributed by atoms with Gasteiger partial charge in [0.15, 0.2) is 0 Å². The van der Waals surface area contributed by atoms with E-state index in [1.165, 1.54) is 31.2 Å². The van der Waals surface area contributed by atoms with Gasteiger partial charge in [-0.1, -0.05) is 44.2 Å². The predicted molar refractivity (Wildman–Crippen MR) is 74.0 cm³/mol. The molecule has 0 radical (unpaired) electrons. The molecule has 0 unspecified atom stereocenters. The van der Waals surface area contributed by atoms with E-state index in [4.69, 9.17) is 0 Å². The molecule has 1 aromatic rings. The van der Waals surface area contributed by atoms with Crippen LogP contribution >= 0.6 is 0 Å². The third-order valence-corrected chi connectivity index (χ3v) is 4.12. The molecule has 1 aromatic carbocycles. The lowest BCUT2D eigenvalue weighted by atomic mass is 9.75. The third kappa shape index (κ3) is 3.57. The highest BCUT2D eigenvalue weighted by Crippen LogP contribution is 2.35. The van der Waals surface area contributed by atoms with Crippen LogP contribution in [-0.2, 0) is 0 Å². The average Bonchev–Trinajstić information content (AvgIpc) is 2.33. The Hall–Kier alpha value is -0.820. The van der Waals surface area contributed by atoms with E-state index < -0.39 is 0 Å². The van der Waals surface area contributed by atoms with E-state index in [9.17, 15) is 0 Å². The number of hydrogen-bond acceptors (Lipinski definition) is 1. The molecule has 0 aromatic heterocycles. The van der Waals surface area contributed by atoms with Gasteiger partial charge in [-0.05, 0) is 43.6 Å². The number of hydrogen-bond donors (Lipinski definition) is 1. The van der Waals surface area contributed by atoms with Crippen LogP contribution < -0.4 is 5.32 Å². The first-order chi connectivity index (χ1) is 8.07. The van der Waals surface area contributed by atoms with Crippen LogP contribution in [0.2, 0.25) is 0 Å². The zero-order valence-corrected chi connectivity index (χ0v) is 11.4. The first-order valence-electron chi connectivity index (χ1n) is 6.88. The molecule has 1 aliphatic carbocycles. The summed E-state index contributed by atoms with van der Waals surface area (Å²) in [5, 5.41) is 3.77. The summed E-state index contributed by atoms with van der Waals surface area (Å²) in [7, 11) is 0. The van der Waals surface area contributed by atoms with Crippen molar-refractivity contribution in [2.24, 2.45) is 5.41 Å². The maximum atomic E-state index is 3.77. The highest BCUT2D eigenvalue weighted by molar-refractivity contribution is 5.18. The monoisotopic (exact) mass is 231 g/mol. The van der Waals surface area contributed by atoms with Crippen LogP contribution in [0.1, 0.15) is 58.1 Å². The molecule has 1 heteroatoms. The SMILES string of the molecule is C[C@H](NC1CCC(C)(C)CC1)c1ccccc1. The molecule has 0 spiro atoms. The number of nitrogens with one attached hydrogen (secondary N) is 1. The van der Waals surface area contributed by atoms with Crippen LogP contribution in [0.25, 0.3) is 0 Å². The normalized spacial score (nSPS) is 22.3. The Balaban J connectivity index is 1.86. The predicted octanol–water partition coefficient (Wildman–Crippen LogP) is 4.31. The number of rotatable bonds is 3. The summed E-state index contributed by atoms with van der Waals surface area (Å²) in [5.74, 6) is 0. The highest BCUT2D eigenvalue weighted by Gasteiger charge is 2.27. The lowest BCUT2D eigenvalue weighted by Crippen LogP contribution is -2.36. The summed E-state index contributed by atoms with van der Waals surface area (Å²) in [6.07, 6.45) is 5.35. The minimum Gasteiger partial charge on any atom is -0.307 e. The molecule has 94 valence electrons. The van der Waals surface area contributed by atoms with Gasteiger partial charge in [0, 0.05) is 12.1 Å². The molecule has 0 amide bonds. The van der Waals surface area contributed by atoms with E-state index in [0.717, 1.165) is 0 Å². The Morgan fingerprint density at radius 3 is 2.29 bits per heavy atom. The van der Waals surface area contributed by atoms with Crippen molar-refractivity contribution in [1.82, 2.24) is 5.32 Å². The van der Waals surface area contributed by atoms with E-state index in [1.807, 2.05) is 0 Å². The summed E-state index contributed by atoms with van der Waals surface area (Å²) in [4.78, 5) is 0. The minimum atomic E-state index is 0.474. The zero-order valence-electron chi connectivity index (χ0n) is 11.4. The summed E-state index contributed by atoms with van der Waals surface area (Å²) in [6, 6.07) is 11.9. The first kappa shape index (κ1) is 12.6. The van der Waals surface area contributed by atoms with Gasteiger partial charge in [0.1, 0.15) is 0 Å². The Labute approximate surface area is 106 Å². The molecule has 1 nitrogen and oxygen atoms in total. The summed E-state index contributed by atoms with van der Waals surface area (Å²) >= 11 is 0. The van der Waals surface area contributed by atoms with Gasteiger partial charge in [-0.15, -0.1) is 0 Å². The summed E-state index contributed by atoms with van der Waals surface area (Å²) in [5.41, 5.74) is 1.96. The fourth-order valence-corrected chi connectivity index (χ4v) is 2.76. The third-order valence-electron chi connectivity index (χ3n) is 4.12. The van der Waals surface area contributed by atoms with Crippen molar-refractivity contribution in [3.8, 4) is 0 Å². The fraction of sp³-hybridized carbons (Fsp3) is 0.625. The van der Waals surface area contributed by atoms with Gasteiger partial charge in [-0.3, -0.25) is 0 Å². The molecule has 1 atom stereocenters. The standard InChI is InChI=1S/C16H25N/c1-13(14-7-5-4-6-8-14)17-15-9-11-16(2,3)12-10-15/h4-8,13,15,17H,9-12H2,1-3H3/t13-/m0/s1. The zero-order chi connectivity index (χ0) is 12.3. The molecule has 1 N–H and O–H groups in total. The van der Waals surface area contributed by atoms with Crippen molar-refractivity contribution in [2.45, 2.75) is 58.5 Å². The molecule has 1 saturated carbocycles. The second-order valence-electron chi connectivity index (χ2n) is 6.24. The van der Waals surface area contributed by atoms with Gasteiger partial charge in [0.05, 0.1) is 0 Å². The van der Waals surface area contributed by atoms with E-state index in [1.54, 1.807) is 0 Å². The maximum Gasteiger partial charge on any atom is 0.0294 e. The highest BCUT2D eigenvalue weighted by atomic mass is 14.9. The van der Waals surface area contributed by atoms with Gasteiger partial charge < -0.3 is 5.32 Å². The Morgan fingerprint density at radius 1 is 1.12 bits per heavy atom. The van der Waals surface area contributed by atoms with E-state index >= 15 is 0 Å². The molecule has 1 aliphatic rings. The topological polar surface area (TPSA) is 12.0 Å². The fourth-order valence-electron chi connectivity index (χ4n) is 2.76. The van der Waals surface area contributed by atoms with Crippen molar-refractivity contribution in [1.29, 1.82) is 0 Å². The van der Waals surface area contributed by atoms with Crippen molar-refractivity contribution < 1.29 is 0 Å². The van der Waals surface area contributed by atoms with Gasteiger partial charge in [0.25, 0.3) is 0 Å². The Bertz CT molecular complexity index is 332. The molecule has 17 heavy (non-hydrogen) atoms. The Kier molecular flexibility index (Phi) is 3.88. The Morgan fingerprint density at radius 2 is 1.71 bits per heavy atom. The maximum absolute atomic E-state index is 3.77. The van der Waals surface area contributed by atoms with Gasteiger partial charge in [-0.2, -0.15) is 0 Å². The van der Waals surface area contributed by atoms with Crippen molar-refractivity contribution in [2.75, 3.05) is 0 Å². The van der Waals surface area contributed by atoms with E-state index in [0.29, 0.717) is 17.5 Å². The van der Waals surface area contributed by atoms with E-state index in [-0.39, 0.29) is 0 Å². The van der Waals surface area contributed by atoms with E-state index in [2.05, 4.69) is 56.4 Å². The van der Waals surface area contributed by atoms with Crippen molar-refractivity contribution in [3.63, 3.8) is 0 Å². The van der Waals surface area contributed by atoms with Crippen LogP contribution in [0.3, 0.4) is 0 Å². The quantitative estimate of drug-likeness (QED) is 0.817. The number of benzene rings is 1. The van der Waals surface area contributed by atoms with Crippen molar-refractivity contribution >= 4 is 0 Å². The van der Waals surface area contributed by atoms with Crippen LogP contribution in [0, 0.1) is 5.41 Å². The largest absolute Gasteiger partial charge is 0.307 e. The van der Waals surface area contributed by atoms with Crippen LogP contribution in [-0.4, -0.2) is 6.04 Å². The second-order valence-corrected chi connectivity index (χ2v) is 6.24. The summed E-state index contributed by atoms with van der Waals surface area (Å²) < 4.78 is 0. The lowest BCUT2D eigenvalue weighted by Gasteiger charge is -2.36. The van der Waals surface area contributed by atoms with Crippen molar-refractivity contribution in [3.05, 3.63) is 35.9 Å². The minimum absolute atomic E-state index is 0.474. The molecular weight excluding hydrogens is 206 g/mol. The molecule has 0 saturated heterocycles.